The quantitative estimate of drug-likeness (QED) is 0.824. The average Bonchev–Trinajstić information content (AvgIpc) is 2.59. The van der Waals surface area contributed by atoms with Crippen LogP contribution in [-0.4, -0.2) is 38.3 Å². The number of benzene rings is 1. The Morgan fingerprint density at radius 3 is 2.46 bits per heavy atom. The molecule has 0 saturated carbocycles. The summed E-state index contributed by atoms with van der Waals surface area (Å²) in [5.41, 5.74) is 9.45. The van der Waals surface area contributed by atoms with Crippen molar-refractivity contribution < 1.29 is 9.47 Å². The number of ether oxygens (including phenoxy) is 2. The second-order valence-corrected chi connectivity index (χ2v) is 8.43. The summed E-state index contributed by atoms with van der Waals surface area (Å²) in [7, 11) is 3.42. The minimum absolute atomic E-state index is 0. The number of hydrogen-bond donors (Lipinski definition) is 1. The molecule has 0 unspecified atom stereocenters. The van der Waals surface area contributed by atoms with Gasteiger partial charge in [0.2, 0.25) is 0 Å². The molecule has 3 atom stereocenters. The van der Waals surface area contributed by atoms with Crippen LogP contribution in [-0.2, 0) is 5.41 Å². The molecule has 1 aromatic rings. The van der Waals surface area contributed by atoms with Gasteiger partial charge < -0.3 is 15.2 Å². The fourth-order valence-electron chi connectivity index (χ4n) is 4.78. The Hall–Kier alpha value is -0.970. The van der Waals surface area contributed by atoms with Crippen LogP contribution in [0.1, 0.15) is 63.6 Å². The number of unbranched alkanes of at least 4 members (excludes halogenated alkanes) is 1. The Morgan fingerprint density at radius 1 is 1.19 bits per heavy atom. The molecule has 0 radical (unpaired) electrons. The Kier molecular flexibility index (Phi) is 6.86. The van der Waals surface area contributed by atoms with Crippen LogP contribution in [0.2, 0.25) is 0 Å². The molecule has 2 heterocycles. The third-order valence-corrected chi connectivity index (χ3v) is 6.18. The van der Waals surface area contributed by atoms with Crippen molar-refractivity contribution in [2.75, 3.05) is 27.3 Å². The number of nitrogens with two attached hydrogens (primary N) is 1. The van der Waals surface area contributed by atoms with Crippen molar-refractivity contribution in [3.05, 3.63) is 23.3 Å². The van der Waals surface area contributed by atoms with Gasteiger partial charge in [-0.2, -0.15) is 0 Å². The van der Waals surface area contributed by atoms with E-state index >= 15 is 0 Å². The lowest BCUT2D eigenvalue weighted by Gasteiger charge is -2.51. The van der Waals surface area contributed by atoms with Crippen LogP contribution in [0.5, 0.6) is 11.5 Å². The zero-order chi connectivity index (χ0) is 18.2. The fourth-order valence-corrected chi connectivity index (χ4v) is 4.78. The number of fused-ring (bicyclic) bond motifs is 3. The fraction of sp³-hybridized carbons (Fsp3) is 0.714. The first-order valence-electron chi connectivity index (χ1n) is 9.67. The van der Waals surface area contributed by atoms with Crippen molar-refractivity contribution in [2.24, 2.45) is 11.7 Å². The van der Waals surface area contributed by atoms with Gasteiger partial charge in [0.05, 0.1) is 14.2 Å². The Balaban J connectivity index is 0.00000243. The SMILES string of the molecule is CCCC[C@@H]1CN2CC(C)(C)c3cc(OC)c(OC)cc3[C@H]2C[C@@H]1N.Cl. The largest absolute Gasteiger partial charge is 0.493 e. The van der Waals surface area contributed by atoms with Gasteiger partial charge in [0.1, 0.15) is 0 Å². The number of rotatable bonds is 5. The molecule has 0 bridgehead atoms. The van der Waals surface area contributed by atoms with Crippen molar-refractivity contribution in [1.82, 2.24) is 4.90 Å². The Morgan fingerprint density at radius 2 is 1.85 bits per heavy atom. The molecule has 1 aromatic carbocycles. The van der Waals surface area contributed by atoms with Crippen molar-refractivity contribution in [3.8, 4) is 11.5 Å². The van der Waals surface area contributed by atoms with E-state index in [1.807, 2.05) is 0 Å². The van der Waals surface area contributed by atoms with Crippen molar-refractivity contribution in [1.29, 1.82) is 0 Å². The molecule has 1 saturated heterocycles. The third-order valence-electron chi connectivity index (χ3n) is 6.18. The molecule has 3 rings (SSSR count). The Bertz CT molecular complexity index is 620. The minimum atomic E-state index is 0. The highest BCUT2D eigenvalue weighted by molar-refractivity contribution is 5.85. The van der Waals surface area contributed by atoms with E-state index in [9.17, 15) is 0 Å². The zero-order valence-electron chi connectivity index (χ0n) is 16.9. The van der Waals surface area contributed by atoms with Gasteiger partial charge in [-0.05, 0) is 42.0 Å². The van der Waals surface area contributed by atoms with Crippen LogP contribution in [0.4, 0.5) is 0 Å². The van der Waals surface area contributed by atoms with Crippen LogP contribution in [0.3, 0.4) is 0 Å². The van der Waals surface area contributed by atoms with E-state index in [0.717, 1.165) is 31.0 Å². The third kappa shape index (κ3) is 3.83. The number of methoxy groups -OCH3 is 2. The van der Waals surface area contributed by atoms with Gasteiger partial charge >= 0.3 is 0 Å². The highest BCUT2D eigenvalue weighted by Gasteiger charge is 2.43. The van der Waals surface area contributed by atoms with Crippen LogP contribution in [0.25, 0.3) is 0 Å². The molecule has 0 amide bonds. The summed E-state index contributed by atoms with van der Waals surface area (Å²) in [6.45, 7) is 9.13. The van der Waals surface area contributed by atoms with Crippen LogP contribution in [0, 0.1) is 5.92 Å². The molecule has 0 spiro atoms. The van der Waals surface area contributed by atoms with Gasteiger partial charge in [0.25, 0.3) is 0 Å². The molecule has 2 aliphatic heterocycles. The average molecular weight is 383 g/mol. The molecule has 5 heteroatoms. The highest BCUT2D eigenvalue weighted by atomic mass is 35.5. The Labute approximate surface area is 164 Å². The predicted octanol–water partition coefficient (Wildman–Crippen LogP) is 4.30. The normalized spacial score (nSPS) is 27.1. The lowest BCUT2D eigenvalue weighted by molar-refractivity contribution is 0.0540. The number of piperidine rings is 1. The maximum Gasteiger partial charge on any atom is 0.161 e. The van der Waals surface area contributed by atoms with E-state index in [4.69, 9.17) is 15.2 Å². The standard InChI is InChI=1S/C21H34N2O2.ClH/c1-6-7-8-14-12-23-13-21(2,3)16-10-20(25-5)19(24-4)9-15(16)18(23)11-17(14)22;/h9-10,14,17-18H,6-8,11-13,22H2,1-5H3;1H/t14-,17+,18-;/m1./s1. The van der Waals surface area contributed by atoms with Gasteiger partial charge in [0.15, 0.2) is 11.5 Å². The maximum absolute atomic E-state index is 6.60. The predicted molar refractivity (Wildman–Crippen MR) is 110 cm³/mol. The molecule has 2 N–H and O–H groups in total. The molecule has 1 fully saturated rings. The van der Waals surface area contributed by atoms with E-state index in [2.05, 4.69) is 37.8 Å². The minimum Gasteiger partial charge on any atom is -0.493 e. The lowest BCUT2D eigenvalue weighted by Crippen LogP contribution is -2.54. The van der Waals surface area contributed by atoms with E-state index in [-0.39, 0.29) is 23.9 Å². The first-order chi connectivity index (χ1) is 11.9. The van der Waals surface area contributed by atoms with Crippen LogP contribution < -0.4 is 15.2 Å². The first-order valence-corrected chi connectivity index (χ1v) is 9.67. The second-order valence-electron chi connectivity index (χ2n) is 8.43. The molecule has 26 heavy (non-hydrogen) atoms. The smallest absolute Gasteiger partial charge is 0.161 e. The van der Waals surface area contributed by atoms with Crippen LogP contribution in [0.15, 0.2) is 12.1 Å². The summed E-state index contributed by atoms with van der Waals surface area (Å²) < 4.78 is 11.1. The molecule has 148 valence electrons. The summed E-state index contributed by atoms with van der Waals surface area (Å²) in [5.74, 6) is 2.26. The molecule has 0 aromatic heterocycles. The maximum atomic E-state index is 6.60. The van der Waals surface area contributed by atoms with E-state index in [0.29, 0.717) is 12.0 Å². The van der Waals surface area contributed by atoms with Crippen molar-refractivity contribution >= 4 is 12.4 Å². The van der Waals surface area contributed by atoms with E-state index in [1.54, 1.807) is 14.2 Å². The van der Waals surface area contributed by atoms with Gasteiger partial charge in [-0.3, -0.25) is 4.90 Å². The summed E-state index contributed by atoms with van der Waals surface area (Å²) >= 11 is 0. The molecular formula is C21H35ClN2O2. The van der Waals surface area contributed by atoms with E-state index < -0.39 is 0 Å². The highest BCUT2D eigenvalue weighted by Crippen LogP contribution is 2.48. The number of nitrogens with zero attached hydrogens (tertiary/aromatic N) is 1. The molecule has 4 nitrogen and oxygen atoms in total. The van der Waals surface area contributed by atoms with Crippen LogP contribution >= 0.6 is 12.4 Å². The summed E-state index contributed by atoms with van der Waals surface area (Å²) in [6.07, 6.45) is 4.81. The number of hydrogen-bond acceptors (Lipinski definition) is 4. The zero-order valence-corrected chi connectivity index (χ0v) is 17.7. The van der Waals surface area contributed by atoms with Gasteiger partial charge in [-0.25, -0.2) is 0 Å². The molecule has 0 aliphatic carbocycles. The summed E-state index contributed by atoms with van der Waals surface area (Å²) in [4.78, 5) is 2.66. The van der Waals surface area contributed by atoms with Gasteiger partial charge in [-0.1, -0.05) is 33.6 Å². The monoisotopic (exact) mass is 382 g/mol. The first kappa shape index (κ1) is 21.3. The lowest BCUT2D eigenvalue weighted by atomic mass is 9.71. The van der Waals surface area contributed by atoms with Gasteiger partial charge in [0, 0.05) is 30.6 Å². The van der Waals surface area contributed by atoms with E-state index in [1.165, 1.54) is 30.4 Å². The molecule has 2 aliphatic rings. The second kappa shape index (κ2) is 8.37. The summed E-state index contributed by atoms with van der Waals surface area (Å²) in [6, 6.07) is 5.05. The molecular weight excluding hydrogens is 348 g/mol. The topological polar surface area (TPSA) is 47.7 Å². The van der Waals surface area contributed by atoms with Gasteiger partial charge in [-0.15, -0.1) is 12.4 Å². The van der Waals surface area contributed by atoms with Crippen molar-refractivity contribution in [2.45, 2.75) is 64.0 Å². The number of halogens is 1. The summed E-state index contributed by atoms with van der Waals surface area (Å²) in [5, 5.41) is 0. The van der Waals surface area contributed by atoms with Crippen molar-refractivity contribution in [3.63, 3.8) is 0 Å².